The fourth-order valence-electron chi connectivity index (χ4n) is 3.65. The average molecular weight is 448 g/mol. The maximum atomic E-state index is 13.6. The summed E-state index contributed by atoms with van der Waals surface area (Å²) in [7, 11) is 0. The van der Waals surface area contributed by atoms with Crippen molar-refractivity contribution in [2.24, 2.45) is 0 Å². The maximum absolute atomic E-state index is 13.6. The van der Waals surface area contributed by atoms with Crippen LogP contribution in [0, 0.1) is 5.82 Å². The van der Waals surface area contributed by atoms with Crippen molar-refractivity contribution in [3.63, 3.8) is 0 Å². The Morgan fingerprint density at radius 1 is 0.970 bits per heavy atom. The van der Waals surface area contributed by atoms with Crippen molar-refractivity contribution in [1.82, 2.24) is 4.98 Å². The van der Waals surface area contributed by atoms with E-state index in [1.54, 1.807) is 12.3 Å². The van der Waals surface area contributed by atoms with E-state index in [9.17, 15) is 9.50 Å². The normalized spacial score (nSPS) is 12.3. The number of aromatic nitrogens is 1. The zero-order valence-corrected chi connectivity index (χ0v) is 19.6. The lowest BCUT2D eigenvalue weighted by Crippen LogP contribution is -2.08. The molecule has 0 amide bonds. The molecule has 0 aliphatic heterocycles. The first kappa shape index (κ1) is 24.7. The highest BCUT2D eigenvalue weighted by Crippen LogP contribution is 2.26. The number of benzene rings is 2. The van der Waals surface area contributed by atoms with E-state index in [0.717, 1.165) is 49.1 Å². The number of hydrogen-bond acceptors (Lipinski definition) is 3. The predicted octanol–water partition coefficient (Wildman–Crippen LogP) is 8.04. The van der Waals surface area contributed by atoms with Crippen LogP contribution in [0.2, 0.25) is 0 Å². The molecule has 1 unspecified atom stereocenters. The summed E-state index contributed by atoms with van der Waals surface area (Å²) in [5.41, 5.74) is 4.55. The lowest BCUT2D eigenvalue weighted by Gasteiger charge is -2.12. The van der Waals surface area contributed by atoms with Gasteiger partial charge in [-0.05, 0) is 61.9 Å². The Balaban J connectivity index is 1.47. The Bertz CT molecular complexity index is 1010. The van der Waals surface area contributed by atoms with Crippen LogP contribution in [-0.4, -0.2) is 22.8 Å². The van der Waals surface area contributed by atoms with Crippen molar-refractivity contribution < 1.29 is 14.2 Å². The minimum absolute atomic E-state index is 0.335. The van der Waals surface area contributed by atoms with Gasteiger partial charge in [0.15, 0.2) is 11.6 Å². The number of hydrogen-bond donors (Lipinski definition) is 1. The van der Waals surface area contributed by atoms with Gasteiger partial charge in [0.2, 0.25) is 0 Å². The van der Waals surface area contributed by atoms with Crippen LogP contribution in [0.5, 0.6) is 5.75 Å². The zero-order valence-electron chi connectivity index (χ0n) is 19.6. The fourth-order valence-corrected chi connectivity index (χ4v) is 3.65. The van der Waals surface area contributed by atoms with E-state index in [-0.39, 0.29) is 5.75 Å². The van der Waals surface area contributed by atoms with Crippen LogP contribution in [0.25, 0.3) is 28.5 Å². The largest absolute Gasteiger partial charge is 0.505 e. The topological polar surface area (TPSA) is 42.4 Å². The Labute approximate surface area is 197 Å². The molecule has 1 atom stereocenters. The first-order valence-electron chi connectivity index (χ1n) is 11.9. The number of phenolic OH excluding ortho intramolecular Hbond substituents is 1. The predicted molar refractivity (Wildman–Crippen MR) is 135 cm³/mol. The van der Waals surface area contributed by atoms with Crippen molar-refractivity contribution in [1.29, 1.82) is 0 Å². The molecule has 0 aliphatic carbocycles. The second-order valence-electron chi connectivity index (χ2n) is 8.44. The number of nitrogens with zero attached hydrogens (tertiary/aromatic N) is 1. The van der Waals surface area contributed by atoms with Gasteiger partial charge >= 0.3 is 0 Å². The average Bonchev–Trinajstić information content (AvgIpc) is 2.84. The molecule has 33 heavy (non-hydrogen) atoms. The van der Waals surface area contributed by atoms with Crippen LogP contribution in [0.3, 0.4) is 0 Å². The second-order valence-corrected chi connectivity index (χ2v) is 8.44. The lowest BCUT2D eigenvalue weighted by atomic mass is 10.0. The molecule has 1 N–H and O–H groups in total. The van der Waals surface area contributed by atoms with Crippen molar-refractivity contribution >= 4 is 6.08 Å². The molecule has 174 valence electrons. The van der Waals surface area contributed by atoms with Gasteiger partial charge in [-0.1, -0.05) is 68.3 Å². The summed E-state index contributed by atoms with van der Waals surface area (Å²) in [5, 5.41) is 9.35. The standard InChI is InChI=1S/C29H34FNO2/c1-3-4-8-19-33-22(2)9-6-5-7-10-23-11-13-24(14-12-23)28-17-15-26(21-31-28)25-16-18-29(32)27(30)20-25/h7,10-18,20-22,32H,3-6,8-9,19H2,1-2H3. The molecular formula is C29H34FNO2. The molecule has 0 saturated carbocycles. The van der Waals surface area contributed by atoms with Gasteiger partial charge in [0, 0.05) is 23.9 Å². The Hall–Kier alpha value is -2.98. The summed E-state index contributed by atoms with van der Waals surface area (Å²) in [6.07, 6.45) is 13.4. The van der Waals surface area contributed by atoms with E-state index in [2.05, 4.69) is 55.2 Å². The highest BCUT2D eigenvalue weighted by atomic mass is 19.1. The van der Waals surface area contributed by atoms with Gasteiger partial charge < -0.3 is 9.84 Å². The van der Waals surface area contributed by atoms with E-state index >= 15 is 0 Å². The van der Waals surface area contributed by atoms with Crippen LogP contribution in [0.1, 0.15) is 57.9 Å². The minimum Gasteiger partial charge on any atom is -0.505 e. The van der Waals surface area contributed by atoms with Crippen molar-refractivity contribution in [3.8, 4) is 28.1 Å². The molecular weight excluding hydrogens is 413 g/mol. The third-order valence-electron chi connectivity index (χ3n) is 5.69. The molecule has 3 nitrogen and oxygen atoms in total. The molecule has 0 bridgehead atoms. The van der Waals surface area contributed by atoms with E-state index in [4.69, 9.17) is 4.74 Å². The third kappa shape index (κ3) is 7.83. The van der Waals surface area contributed by atoms with Crippen LogP contribution in [0.15, 0.2) is 66.9 Å². The van der Waals surface area contributed by atoms with Crippen LogP contribution >= 0.6 is 0 Å². The van der Waals surface area contributed by atoms with Crippen LogP contribution in [0.4, 0.5) is 4.39 Å². The second kappa shape index (κ2) is 12.9. The van der Waals surface area contributed by atoms with Gasteiger partial charge in [-0.25, -0.2) is 4.39 Å². The third-order valence-corrected chi connectivity index (χ3v) is 5.69. The molecule has 0 aliphatic rings. The molecule has 1 aromatic heterocycles. The summed E-state index contributed by atoms with van der Waals surface area (Å²) in [5.74, 6) is -0.982. The summed E-state index contributed by atoms with van der Waals surface area (Å²) < 4.78 is 19.5. The number of rotatable bonds is 12. The van der Waals surface area contributed by atoms with E-state index in [1.165, 1.54) is 30.5 Å². The SMILES string of the molecule is CCCCCOC(C)CCCC=Cc1ccc(-c2ccc(-c3ccc(O)c(F)c3)cn2)cc1. The summed E-state index contributed by atoms with van der Waals surface area (Å²) in [4.78, 5) is 4.53. The van der Waals surface area contributed by atoms with E-state index in [0.29, 0.717) is 11.7 Å². The van der Waals surface area contributed by atoms with Gasteiger partial charge in [-0.15, -0.1) is 0 Å². The number of ether oxygens (including phenoxy) is 1. The number of unbranched alkanes of at least 4 members (excludes halogenated alkanes) is 3. The Morgan fingerprint density at radius 2 is 1.73 bits per heavy atom. The lowest BCUT2D eigenvalue weighted by molar-refractivity contribution is 0.0566. The monoisotopic (exact) mass is 447 g/mol. The first-order valence-corrected chi connectivity index (χ1v) is 11.9. The summed E-state index contributed by atoms with van der Waals surface area (Å²) >= 11 is 0. The van der Waals surface area contributed by atoms with Crippen LogP contribution < -0.4 is 0 Å². The van der Waals surface area contributed by atoms with Crippen molar-refractivity contribution in [2.75, 3.05) is 6.61 Å². The smallest absolute Gasteiger partial charge is 0.165 e. The molecule has 4 heteroatoms. The van der Waals surface area contributed by atoms with Gasteiger partial charge in [0.1, 0.15) is 0 Å². The number of halogens is 1. The molecule has 1 heterocycles. The number of phenols is 1. The highest BCUT2D eigenvalue weighted by Gasteiger charge is 2.06. The molecule has 0 spiro atoms. The van der Waals surface area contributed by atoms with Gasteiger partial charge in [-0.3, -0.25) is 4.98 Å². The summed E-state index contributed by atoms with van der Waals surface area (Å²) in [6, 6.07) is 16.5. The van der Waals surface area contributed by atoms with Crippen molar-refractivity contribution in [2.45, 2.75) is 58.5 Å². The maximum Gasteiger partial charge on any atom is 0.165 e. The fraction of sp³-hybridized carbons (Fsp3) is 0.345. The number of allylic oxidation sites excluding steroid dienone is 1. The Morgan fingerprint density at radius 3 is 2.42 bits per heavy atom. The summed E-state index contributed by atoms with van der Waals surface area (Å²) in [6.45, 7) is 5.25. The highest BCUT2D eigenvalue weighted by molar-refractivity contribution is 5.68. The molecule has 0 saturated heterocycles. The molecule has 2 aromatic carbocycles. The van der Waals surface area contributed by atoms with E-state index in [1.807, 2.05) is 12.1 Å². The zero-order chi connectivity index (χ0) is 23.5. The van der Waals surface area contributed by atoms with Crippen molar-refractivity contribution in [3.05, 3.63) is 78.3 Å². The number of aromatic hydroxyl groups is 1. The molecule has 0 radical (unpaired) electrons. The van der Waals surface area contributed by atoms with E-state index < -0.39 is 5.82 Å². The van der Waals surface area contributed by atoms with Gasteiger partial charge in [-0.2, -0.15) is 0 Å². The van der Waals surface area contributed by atoms with Gasteiger partial charge in [0.25, 0.3) is 0 Å². The first-order chi connectivity index (χ1) is 16.1. The minimum atomic E-state index is -0.634. The Kier molecular flexibility index (Phi) is 9.64. The van der Waals surface area contributed by atoms with Crippen LogP contribution in [-0.2, 0) is 4.74 Å². The van der Waals surface area contributed by atoms with Gasteiger partial charge in [0.05, 0.1) is 11.8 Å². The molecule has 0 fully saturated rings. The number of pyridine rings is 1. The molecule has 3 aromatic rings. The quantitative estimate of drug-likeness (QED) is 0.286. The molecule has 3 rings (SSSR count).